The minimum absolute atomic E-state index is 0.0537. The Labute approximate surface area is 120 Å². The van der Waals surface area contributed by atoms with Crippen molar-refractivity contribution in [1.29, 1.82) is 0 Å². The van der Waals surface area contributed by atoms with Gasteiger partial charge in [0.25, 0.3) is 10.0 Å². The average Bonchev–Trinajstić information content (AvgIpc) is 2.47. The lowest BCUT2D eigenvalue weighted by Gasteiger charge is -2.34. The molecule has 0 atom stereocenters. The fourth-order valence-electron chi connectivity index (χ4n) is 2.39. The number of aliphatic hydroxyl groups is 1. The molecule has 0 aromatic carbocycles. The predicted octanol–water partition coefficient (Wildman–Crippen LogP) is 0.289. The molecule has 2 rings (SSSR count). The van der Waals surface area contributed by atoms with Crippen LogP contribution in [-0.4, -0.2) is 60.9 Å². The van der Waals surface area contributed by atoms with Gasteiger partial charge in [-0.2, -0.15) is 4.31 Å². The summed E-state index contributed by atoms with van der Waals surface area (Å²) in [6.07, 6.45) is 3.07. The van der Waals surface area contributed by atoms with Crippen LogP contribution in [0, 0.1) is 0 Å². The van der Waals surface area contributed by atoms with Crippen molar-refractivity contribution in [2.45, 2.75) is 30.5 Å². The maximum Gasteiger partial charge on any atom is 0.260 e. The van der Waals surface area contributed by atoms with Crippen LogP contribution < -0.4 is 0 Å². The molecule has 7 heteroatoms. The van der Waals surface area contributed by atoms with E-state index in [0.717, 1.165) is 12.8 Å². The molecule has 0 aliphatic carbocycles. The zero-order valence-electron chi connectivity index (χ0n) is 11.9. The summed E-state index contributed by atoms with van der Waals surface area (Å²) in [6, 6.07) is 3.48. The number of nitrogens with zero attached hydrogens (tertiary/aromatic N) is 3. The lowest BCUT2D eigenvalue weighted by Crippen LogP contribution is -2.44. The highest BCUT2D eigenvalue weighted by molar-refractivity contribution is 7.89. The van der Waals surface area contributed by atoms with Gasteiger partial charge in [-0.05, 0) is 38.6 Å². The molecule has 1 N–H and O–H groups in total. The largest absolute Gasteiger partial charge is 0.392 e. The van der Waals surface area contributed by atoms with E-state index in [9.17, 15) is 8.42 Å². The molecule has 0 radical (unpaired) electrons. The lowest BCUT2D eigenvalue weighted by atomic mass is 10.1. The molecule has 1 aromatic heterocycles. The van der Waals surface area contributed by atoms with Gasteiger partial charge in [-0.1, -0.05) is 6.07 Å². The van der Waals surface area contributed by atoms with E-state index in [4.69, 9.17) is 5.11 Å². The number of pyridine rings is 1. The van der Waals surface area contributed by atoms with Crippen molar-refractivity contribution in [3.05, 3.63) is 23.9 Å². The van der Waals surface area contributed by atoms with Crippen LogP contribution in [0.4, 0.5) is 0 Å². The molecule has 1 fully saturated rings. The predicted molar refractivity (Wildman–Crippen MR) is 75.6 cm³/mol. The minimum Gasteiger partial charge on any atom is -0.392 e. The van der Waals surface area contributed by atoms with Gasteiger partial charge in [-0.15, -0.1) is 0 Å². The Bertz CT molecular complexity index is 534. The van der Waals surface area contributed by atoms with E-state index in [2.05, 4.69) is 9.88 Å². The van der Waals surface area contributed by atoms with Crippen molar-refractivity contribution in [2.75, 3.05) is 27.2 Å². The number of aliphatic hydroxyl groups excluding tert-OH is 1. The summed E-state index contributed by atoms with van der Waals surface area (Å²) < 4.78 is 26.4. The molecule has 112 valence electrons. The van der Waals surface area contributed by atoms with Crippen LogP contribution in [0.25, 0.3) is 0 Å². The SMILES string of the molecule is CN(C)C1CCN(S(=O)(=O)c2ccc(CO)cn2)CC1. The first-order valence-corrected chi connectivity index (χ1v) is 8.11. The third-order valence-corrected chi connectivity index (χ3v) is 5.55. The maximum absolute atomic E-state index is 12.5. The van der Waals surface area contributed by atoms with Crippen LogP contribution >= 0.6 is 0 Å². The van der Waals surface area contributed by atoms with Crippen molar-refractivity contribution < 1.29 is 13.5 Å². The number of rotatable bonds is 4. The van der Waals surface area contributed by atoms with Crippen molar-refractivity contribution in [3.8, 4) is 0 Å². The standard InChI is InChI=1S/C13H21N3O3S/c1-15(2)12-5-7-16(8-6-12)20(18,19)13-4-3-11(10-17)9-14-13/h3-4,9,12,17H,5-8,10H2,1-2H3. The molecular formula is C13H21N3O3S. The van der Waals surface area contributed by atoms with Gasteiger partial charge in [0.05, 0.1) is 6.61 Å². The molecule has 0 unspecified atom stereocenters. The van der Waals surface area contributed by atoms with Gasteiger partial charge in [0.15, 0.2) is 5.03 Å². The molecular weight excluding hydrogens is 278 g/mol. The van der Waals surface area contributed by atoms with E-state index in [1.54, 1.807) is 6.07 Å². The van der Waals surface area contributed by atoms with E-state index in [0.29, 0.717) is 24.7 Å². The Morgan fingerprint density at radius 1 is 1.35 bits per heavy atom. The Hall–Kier alpha value is -1.02. The van der Waals surface area contributed by atoms with E-state index in [-0.39, 0.29) is 11.6 Å². The number of piperidine rings is 1. The summed E-state index contributed by atoms with van der Waals surface area (Å²) >= 11 is 0. The third-order valence-electron chi connectivity index (χ3n) is 3.74. The van der Waals surface area contributed by atoms with Crippen molar-refractivity contribution in [1.82, 2.24) is 14.2 Å². The molecule has 0 amide bonds. The molecule has 1 saturated heterocycles. The highest BCUT2D eigenvalue weighted by atomic mass is 32.2. The lowest BCUT2D eigenvalue weighted by molar-refractivity contribution is 0.196. The van der Waals surface area contributed by atoms with Crippen molar-refractivity contribution in [2.24, 2.45) is 0 Å². The monoisotopic (exact) mass is 299 g/mol. The van der Waals surface area contributed by atoms with Gasteiger partial charge in [-0.25, -0.2) is 13.4 Å². The molecule has 6 nitrogen and oxygen atoms in total. The highest BCUT2D eigenvalue weighted by Crippen LogP contribution is 2.21. The minimum atomic E-state index is -3.51. The summed E-state index contributed by atoms with van der Waals surface area (Å²) in [5, 5.41) is 9.01. The molecule has 2 heterocycles. The molecule has 20 heavy (non-hydrogen) atoms. The maximum atomic E-state index is 12.5. The van der Waals surface area contributed by atoms with Gasteiger partial charge >= 0.3 is 0 Å². The fraction of sp³-hybridized carbons (Fsp3) is 0.615. The van der Waals surface area contributed by atoms with Crippen LogP contribution in [-0.2, 0) is 16.6 Å². The Morgan fingerprint density at radius 2 is 2.00 bits per heavy atom. The quantitative estimate of drug-likeness (QED) is 0.865. The first-order valence-electron chi connectivity index (χ1n) is 6.67. The molecule has 1 aliphatic rings. The molecule has 0 saturated carbocycles. The first-order chi connectivity index (χ1) is 9.45. The van der Waals surface area contributed by atoms with E-state index < -0.39 is 10.0 Å². The number of hydrogen-bond acceptors (Lipinski definition) is 5. The van der Waals surface area contributed by atoms with Crippen LogP contribution in [0.3, 0.4) is 0 Å². The topological polar surface area (TPSA) is 73.7 Å². The van der Waals surface area contributed by atoms with Gasteiger partial charge < -0.3 is 10.0 Å². The second-order valence-corrected chi connectivity index (χ2v) is 7.15. The van der Waals surface area contributed by atoms with Gasteiger partial charge in [0.2, 0.25) is 0 Å². The van der Waals surface area contributed by atoms with E-state index in [1.807, 2.05) is 14.1 Å². The second-order valence-electron chi connectivity index (χ2n) is 5.26. The summed E-state index contributed by atoms with van der Waals surface area (Å²) in [5.41, 5.74) is 0.607. The van der Waals surface area contributed by atoms with Crippen LogP contribution in [0.1, 0.15) is 18.4 Å². The molecule has 1 aliphatic heterocycles. The number of hydrogen-bond donors (Lipinski definition) is 1. The van der Waals surface area contributed by atoms with E-state index in [1.165, 1.54) is 16.6 Å². The van der Waals surface area contributed by atoms with Crippen molar-refractivity contribution >= 4 is 10.0 Å². The molecule has 1 aromatic rings. The number of sulfonamides is 1. The van der Waals surface area contributed by atoms with Crippen LogP contribution in [0.5, 0.6) is 0 Å². The van der Waals surface area contributed by atoms with Crippen molar-refractivity contribution in [3.63, 3.8) is 0 Å². The second kappa shape index (κ2) is 6.17. The zero-order chi connectivity index (χ0) is 14.8. The van der Waals surface area contributed by atoms with E-state index >= 15 is 0 Å². The Morgan fingerprint density at radius 3 is 2.45 bits per heavy atom. The smallest absolute Gasteiger partial charge is 0.260 e. The Balaban J connectivity index is 2.11. The summed E-state index contributed by atoms with van der Waals surface area (Å²) in [5.74, 6) is 0. The summed E-state index contributed by atoms with van der Waals surface area (Å²) in [7, 11) is 0.522. The Kier molecular flexibility index (Phi) is 4.74. The number of aromatic nitrogens is 1. The van der Waals surface area contributed by atoms with Gasteiger partial charge in [-0.3, -0.25) is 0 Å². The van der Waals surface area contributed by atoms with Gasteiger partial charge in [0, 0.05) is 25.3 Å². The third kappa shape index (κ3) is 3.17. The fourth-order valence-corrected chi connectivity index (χ4v) is 3.77. The first kappa shape index (κ1) is 15.4. The summed E-state index contributed by atoms with van der Waals surface area (Å²) in [4.78, 5) is 6.09. The highest BCUT2D eigenvalue weighted by Gasteiger charge is 2.30. The summed E-state index contributed by atoms with van der Waals surface area (Å²) in [6.45, 7) is 0.908. The average molecular weight is 299 g/mol. The molecule has 0 spiro atoms. The van der Waals surface area contributed by atoms with Crippen LogP contribution in [0.15, 0.2) is 23.4 Å². The molecule has 0 bridgehead atoms. The van der Waals surface area contributed by atoms with Crippen LogP contribution in [0.2, 0.25) is 0 Å². The van der Waals surface area contributed by atoms with Gasteiger partial charge in [0.1, 0.15) is 0 Å². The normalized spacial score (nSPS) is 18.6. The zero-order valence-corrected chi connectivity index (χ0v) is 12.7.